The van der Waals surface area contributed by atoms with Crippen molar-refractivity contribution >= 4 is 5.95 Å². The summed E-state index contributed by atoms with van der Waals surface area (Å²) in [5.74, 6) is 1.89. The first-order valence-electron chi connectivity index (χ1n) is 6.76. The van der Waals surface area contributed by atoms with Crippen molar-refractivity contribution in [1.82, 2.24) is 15.0 Å². The fraction of sp³-hybridized carbons (Fsp3) is 0.769. The average molecular weight is 266 g/mol. The molecule has 1 fully saturated rings. The van der Waals surface area contributed by atoms with Crippen LogP contribution < -0.4 is 14.8 Å². The van der Waals surface area contributed by atoms with Gasteiger partial charge in [0.25, 0.3) is 0 Å². The Labute approximate surface area is 114 Å². The molecule has 1 aliphatic rings. The molecule has 1 saturated carbocycles. The van der Waals surface area contributed by atoms with Crippen LogP contribution in [0.4, 0.5) is 5.95 Å². The summed E-state index contributed by atoms with van der Waals surface area (Å²) in [5, 5.41) is 2.87. The summed E-state index contributed by atoms with van der Waals surface area (Å²) < 4.78 is 10.9. The first-order chi connectivity index (χ1) is 9.12. The molecule has 0 aliphatic heterocycles. The van der Waals surface area contributed by atoms with E-state index >= 15 is 0 Å². The molecule has 19 heavy (non-hydrogen) atoms. The average Bonchev–Trinajstić information content (AvgIpc) is 2.42. The Kier molecular flexibility index (Phi) is 4.39. The van der Waals surface area contributed by atoms with Gasteiger partial charge in [-0.05, 0) is 31.1 Å². The van der Waals surface area contributed by atoms with Gasteiger partial charge in [-0.3, -0.25) is 0 Å². The minimum atomic E-state index is 0.183. The van der Waals surface area contributed by atoms with Gasteiger partial charge >= 0.3 is 12.0 Å². The van der Waals surface area contributed by atoms with Crippen LogP contribution in [0.25, 0.3) is 0 Å². The predicted molar refractivity (Wildman–Crippen MR) is 72.5 cm³/mol. The van der Waals surface area contributed by atoms with Gasteiger partial charge in [0.05, 0.1) is 7.11 Å². The Hall–Kier alpha value is -1.59. The highest BCUT2D eigenvalue weighted by atomic mass is 16.5. The number of hydrogen-bond donors (Lipinski definition) is 1. The molecular formula is C13H22N4O2. The SMILES string of the molecule is CNc1nc(OC)nc(OC2CCC(C)C(C)C2)n1. The summed E-state index contributed by atoms with van der Waals surface area (Å²) in [5.41, 5.74) is 0. The van der Waals surface area contributed by atoms with Gasteiger partial charge in [0.15, 0.2) is 0 Å². The van der Waals surface area contributed by atoms with Gasteiger partial charge < -0.3 is 14.8 Å². The van der Waals surface area contributed by atoms with Crippen LogP contribution in [-0.4, -0.2) is 35.2 Å². The summed E-state index contributed by atoms with van der Waals surface area (Å²) in [6, 6.07) is 0.606. The summed E-state index contributed by atoms with van der Waals surface area (Å²) in [6.45, 7) is 4.57. The van der Waals surface area contributed by atoms with Crippen LogP contribution in [0.15, 0.2) is 0 Å². The second kappa shape index (κ2) is 6.04. The van der Waals surface area contributed by atoms with Crippen molar-refractivity contribution in [2.45, 2.75) is 39.2 Å². The number of methoxy groups -OCH3 is 1. The van der Waals surface area contributed by atoms with Crippen molar-refractivity contribution in [1.29, 1.82) is 0 Å². The predicted octanol–water partition coefficient (Wildman–Crippen LogP) is 2.13. The molecule has 6 heteroatoms. The smallest absolute Gasteiger partial charge is 0.324 e. The lowest BCUT2D eigenvalue weighted by Crippen LogP contribution is -2.29. The van der Waals surface area contributed by atoms with Gasteiger partial charge in [-0.15, -0.1) is 4.98 Å². The molecule has 0 radical (unpaired) electrons. The van der Waals surface area contributed by atoms with E-state index in [2.05, 4.69) is 34.1 Å². The lowest BCUT2D eigenvalue weighted by atomic mass is 9.80. The zero-order chi connectivity index (χ0) is 13.8. The van der Waals surface area contributed by atoms with Gasteiger partial charge in [0.2, 0.25) is 5.95 Å². The molecule has 1 aromatic rings. The van der Waals surface area contributed by atoms with Crippen molar-refractivity contribution in [2.24, 2.45) is 11.8 Å². The van der Waals surface area contributed by atoms with Crippen LogP contribution in [-0.2, 0) is 0 Å². The maximum Gasteiger partial charge on any atom is 0.324 e. The Morgan fingerprint density at radius 3 is 2.42 bits per heavy atom. The molecule has 2 rings (SSSR count). The van der Waals surface area contributed by atoms with E-state index in [9.17, 15) is 0 Å². The molecule has 1 aromatic heterocycles. The van der Waals surface area contributed by atoms with E-state index in [1.165, 1.54) is 13.5 Å². The normalized spacial score (nSPS) is 26.8. The molecule has 0 aromatic carbocycles. The van der Waals surface area contributed by atoms with Crippen molar-refractivity contribution in [3.63, 3.8) is 0 Å². The second-order valence-electron chi connectivity index (χ2n) is 5.19. The molecule has 0 spiro atoms. The van der Waals surface area contributed by atoms with Crippen molar-refractivity contribution in [2.75, 3.05) is 19.5 Å². The number of nitrogens with one attached hydrogen (secondary N) is 1. The van der Waals surface area contributed by atoms with Crippen molar-refractivity contribution < 1.29 is 9.47 Å². The topological polar surface area (TPSA) is 69.2 Å². The highest BCUT2D eigenvalue weighted by molar-refractivity contribution is 5.26. The van der Waals surface area contributed by atoms with Gasteiger partial charge in [-0.25, -0.2) is 0 Å². The van der Waals surface area contributed by atoms with E-state index in [4.69, 9.17) is 9.47 Å². The summed E-state index contributed by atoms with van der Waals surface area (Å²) in [7, 11) is 3.28. The molecule has 1 N–H and O–H groups in total. The fourth-order valence-electron chi connectivity index (χ4n) is 2.35. The third-order valence-corrected chi connectivity index (χ3v) is 3.82. The summed E-state index contributed by atoms with van der Waals surface area (Å²) in [6.07, 6.45) is 3.47. The van der Waals surface area contributed by atoms with Crippen LogP contribution >= 0.6 is 0 Å². The van der Waals surface area contributed by atoms with E-state index in [0.29, 0.717) is 17.9 Å². The standard InChI is InChI=1S/C13H22N4O2/c1-8-5-6-10(7-9(8)2)19-13-16-11(14-3)15-12(17-13)18-4/h8-10H,5-7H2,1-4H3,(H,14,15,16,17). The van der Waals surface area contributed by atoms with E-state index in [1.54, 1.807) is 7.05 Å². The van der Waals surface area contributed by atoms with Crippen LogP contribution in [0.3, 0.4) is 0 Å². The molecule has 0 bridgehead atoms. The zero-order valence-electron chi connectivity index (χ0n) is 12.0. The highest BCUT2D eigenvalue weighted by Gasteiger charge is 2.26. The first-order valence-corrected chi connectivity index (χ1v) is 6.76. The summed E-state index contributed by atoms with van der Waals surface area (Å²) in [4.78, 5) is 12.4. The molecule has 106 valence electrons. The number of hydrogen-bond acceptors (Lipinski definition) is 6. The van der Waals surface area contributed by atoms with Crippen molar-refractivity contribution in [3.05, 3.63) is 0 Å². The largest absolute Gasteiger partial charge is 0.467 e. The highest BCUT2D eigenvalue weighted by Crippen LogP contribution is 2.31. The van der Waals surface area contributed by atoms with E-state index in [1.807, 2.05) is 0 Å². The van der Waals surface area contributed by atoms with Gasteiger partial charge in [-0.1, -0.05) is 13.8 Å². The van der Waals surface area contributed by atoms with E-state index < -0.39 is 0 Å². The minimum Gasteiger partial charge on any atom is -0.467 e. The van der Waals surface area contributed by atoms with Crippen LogP contribution in [0, 0.1) is 11.8 Å². The molecular weight excluding hydrogens is 244 g/mol. The lowest BCUT2D eigenvalue weighted by Gasteiger charge is -2.31. The Morgan fingerprint density at radius 1 is 1.05 bits per heavy atom. The van der Waals surface area contributed by atoms with Crippen LogP contribution in [0.1, 0.15) is 33.1 Å². The molecule has 3 unspecified atom stereocenters. The summed E-state index contributed by atoms with van der Waals surface area (Å²) >= 11 is 0. The molecule has 6 nitrogen and oxygen atoms in total. The van der Waals surface area contributed by atoms with E-state index in [-0.39, 0.29) is 12.1 Å². The monoisotopic (exact) mass is 266 g/mol. The zero-order valence-corrected chi connectivity index (χ0v) is 12.0. The quantitative estimate of drug-likeness (QED) is 0.900. The maximum absolute atomic E-state index is 5.88. The van der Waals surface area contributed by atoms with Gasteiger partial charge in [0, 0.05) is 7.05 Å². The molecule has 0 amide bonds. The minimum absolute atomic E-state index is 0.183. The first kappa shape index (κ1) is 13.8. The number of anilines is 1. The van der Waals surface area contributed by atoms with Crippen LogP contribution in [0.5, 0.6) is 12.0 Å². The number of aromatic nitrogens is 3. The molecule has 1 heterocycles. The number of rotatable bonds is 4. The Balaban J connectivity index is 2.06. The van der Waals surface area contributed by atoms with Gasteiger partial charge in [0.1, 0.15) is 6.10 Å². The third kappa shape index (κ3) is 3.45. The molecule has 1 aliphatic carbocycles. The lowest BCUT2D eigenvalue weighted by molar-refractivity contribution is 0.0909. The number of nitrogens with zero attached hydrogens (tertiary/aromatic N) is 3. The third-order valence-electron chi connectivity index (χ3n) is 3.82. The molecule has 0 saturated heterocycles. The fourth-order valence-corrected chi connectivity index (χ4v) is 2.35. The maximum atomic E-state index is 5.88. The van der Waals surface area contributed by atoms with E-state index in [0.717, 1.165) is 18.8 Å². The Bertz CT molecular complexity index is 405. The van der Waals surface area contributed by atoms with Gasteiger partial charge in [-0.2, -0.15) is 9.97 Å². The van der Waals surface area contributed by atoms with Crippen LogP contribution in [0.2, 0.25) is 0 Å². The number of ether oxygens (including phenoxy) is 2. The second-order valence-corrected chi connectivity index (χ2v) is 5.19. The molecule has 3 atom stereocenters. The van der Waals surface area contributed by atoms with Crippen molar-refractivity contribution in [3.8, 4) is 12.0 Å². The Morgan fingerprint density at radius 2 is 1.79 bits per heavy atom.